The zero-order chi connectivity index (χ0) is 26.2. The molecule has 0 spiro atoms. The Kier molecular flexibility index (Phi) is 10.6. The number of methoxy groups -OCH3 is 1. The van der Waals surface area contributed by atoms with Gasteiger partial charge in [0.05, 0.1) is 19.8 Å². The standard InChI is InChI=1S/C18H26ClN3O5S.C2HF3O2/c1-26-16-5-4-14(19)11-17(16)28(24,25)22(12-15-3-2-10-27-15)13-18(23)21-8-6-20-7-9-21;3-2(4,5)1(6)7/h4-5,11,15,20H,2-3,6-10,12-13H2,1H3;(H,6,7). The fraction of sp³-hybridized carbons (Fsp3) is 0.600. The van der Waals surface area contributed by atoms with Crippen LogP contribution < -0.4 is 10.1 Å². The van der Waals surface area contributed by atoms with Gasteiger partial charge in [0.25, 0.3) is 0 Å². The molecule has 2 saturated heterocycles. The predicted octanol–water partition coefficient (Wildman–Crippen LogP) is 1.58. The molecule has 1 unspecified atom stereocenters. The Morgan fingerprint density at radius 2 is 1.94 bits per heavy atom. The first kappa shape index (κ1) is 29.1. The Hall–Kier alpha value is -2.13. The molecule has 0 aliphatic carbocycles. The quantitative estimate of drug-likeness (QED) is 0.529. The third-order valence-corrected chi connectivity index (χ3v) is 7.27. The van der Waals surface area contributed by atoms with Gasteiger partial charge in [-0.2, -0.15) is 17.5 Å². The number of aliphatic carboxylic acids is 1. The summed E-state index contributed by atoms with van der Waals surface area (Å²) < 4.78 is 70.6. The lowest BCUT2D eigenvalue weighted by atomic mass is 10.2. The highest BCUT2D eigenvalue weighted by atomic mass is 35.5. The number of alkyl halides is 3. The van der Waals surface area contributed by atoms with Crippen LogP contribution >= 0.6 is 11.6 Å². The summed E-state index contributed by atoms with van der Waals surface area (Å²) >= 11 is 6.04. The number of carbonyl (C=O) groups excluding carboxylic acids is 1. The summed E-state index contributed by atoms with van der Waals surface area (Å²) in [5.74, 6) is -2.78. The van der Waals surface area contributed by atoms with Crippen LogP contribution in [0, 0.1) is 0 Å². The lowest BCUT2D eigenvalue weighted by molar-refractivity contribution is -0.192. The summed E-state index contributed by atoms with van der Waals surface area (Å²) in [7, 11) is -2.61. The monoisotopic (exact) mass is 545 g/mol. The van der Waals surface area contributed by atoms with Crippen LogP contribution in [-0.2, 0) is 24.3 Å². The first-order chi connectivity index (χ1) is 16.4. The average molecular weight is 546 g/mol. The number of ether oxygens (including phenoxy) is 2. The van der Waals surface area contributed by atoms with Gasteiger partial charge in [-0.05, 0) is 31.0 Å². The molecule has 35 heavy (non-hydrogen) atoms. The van der Waals surface area contributed by atoms with Crippen LogP contribution in [-0.4, -0.2) is 99.9 Å². The smallest absolute Gasteiger partial charge is 0.490 e. The summed E-state index contributed by atoms with van der Waals surface area (Å²) in [4.78, 5) is 23.3. The minimum absolute atomic E-state index is 0.0476. The van der Waals surface area contributed by atoms with Gasteiger partial charge in [0.15, 0.2) is 0 Å². The van der Waals surface area contributed by atoms with Crippen LogP contribution in [0.5, 0.6) is 5.75 Å². The molecule has 1 aromatic rings. The van der Waals surface area contributed by atoms with Crippen molar-refractivity contribution >= 4 is 33.5 Å². The van der Waals surface area contributed by atoms with Crippen molar-refractivity contribution in [3.8, 4) is 5.75 Å². The van der Waals surface area contributed by atoms with E-state index in [4.69, 9.17) is 31.0 Å². The minimum Gasteiger partial charge on any atom is -0.495 e. The number of carbonyl (C=O) groups is 2. The Morgan fingerprint density at radius 3 is 2.46 bits per heavy atom. The molecule has 0 radical (unpaired) electrons. The number of carboxylic acids is 1. The number of carboxylic acid groups (broad SMARTS) is 1. The largest absolute Gasteiger partial charge is 0.495 e. The number of benzene rings is 1. The molecule has 0 bridgehead atoms. The van der Waals surface area contributed by atoms with Gasteiger partial charge >= 0.3 is 12.1 Å². The fourth-order valence-corrected chi connectivity index (χ4v) is 5.26. The first-order valence-electron chi connectivity index (χ1n) is 10.6. The molecular formula is C20H27ClF3N3O7S. The van der Waals surface area contributed by atoms with E-state index in [0.29, 0.717) is 32.8 Å². The van der Waals surface area contributed by atoms with Gasteiger partial charge < -0.3 is 24.8 Å². The zero-order valence-corrected chi connectivity index (χ0v) is 20.5. The molecule has 2 fully saturated rings. The lowest BCUT2D eigenvalue weighted by Gasteiger charge is -2.31. The number of rotatable bonds is 7. The van der Waals surface area contributed by atoms with Crippen molar-refractivity contribution in [1.29, 1.82) is 0 Å². The molecule has 15 heteroatoms. The summed E-state index contributed by atoms with van der Waals surface area (Å²) in [6.07, 6.45) is -3.67. The molecule has 0 aromatic heterocycles. The molecule has 198 valence electrons. The summed E-state index contributed by atoms with van der Waals surface area (Å²) in [5, 5.41) is 10.6. The summed E-state index contributed by atoms with van der Waals surface area (Å²) in [6, 6.07) is 4.43. The van der Waals surface area contributed by atoms with Gasteiger partial charge in [0.1, 0.15) is 10.6 Å². The van der Waals surface area contributed by atoms with Crippen LogP contribution in [0.15, 0.2) is 23.1 Å². The van der Waals surface area contributed by atoms with Crippen molar-refractivity contribution in [1.82, 2.24) is 14.5 Å². The van der Waals surface area contributed by atoms with Crippen LogP contribution in [0.3, 0.4) is 0 Å². The van der Waals surface area contributed by atoms with Gasteiger partial charge in [-0.3, -0.25) is 4.79 Å². The maximum atomic E-state index is 13.4. The topological polar surface area (TPSA) is 125 Å². The van der Waals surface area contributed by atoms with Crippen molar-refractivity contribution in [2.45, 2.75) is 30.0 Å². The number of nitrogens with zero attached hydrogens (tertiary/aromatic N) is 2. The van der Waals surface area contributed by atoms with Crippen LogP contribution in [0.4, 0.5) is 13.2 Å². The third-order valence-electron chi connectivity index (χ3n) is 5.20. The van der Waals surface area contributed by atoms with Crippen molar-refractivity contribution in [2.24, 2.45) is 0 Å². The van der Waals surface area contributed by atoms with E-state index in [1.807, 2.05) is 0 Å². The maximum Gasteiger partial charge on any atom is 0.490 e. The van der Waals surface area contributed by atoms with E-state index < -0.39 is 22.2 Å². The van der Waals surface area contributed by atoms with Crippen LogP contribution in [0.1, 0.15) is 12.8 Å². The summed E-state index contributed by atoms with van der Waals surface area (Å²) in [5.41, 5.74) is 0. The normalized spacial score (nSPS) is 18.7. The Labute approximate surface area is 206 Å². The van der Waals surface area contributed by atoms with E-state index in [0.717, 1.165) is 12.8 Å². The number of sulfonamides is 1. The van der Waals surface area contributed by atoms with Crippen molar-refractivity contribution in [3.63, 3.8) is 0 Å². The number of hydrogen-bond donors (Lipinski definition) is 2. The molecule has 2 N–H and O–H groups in total. The molecule has 1 atom stereocenters. The highest BCUT2D eigenvalue weighted by Crippen LogP contribution is 2.30. The molecule has 2 aliphatic rings. The molecule has 1 aromatic carbocycles. The Balaban J connectivity index is 0.000000540. The van der Waals surface area contributed by atoms with E-state index in [1.165, 1.54) is 23.5 Å². The highest BCUT2D eigenvalue weighted by Gasteiger charge is 2.38. The molecule has 3 rings (SSSR count). The predicted molar refractivity (Wildman–Crippen MR) is 119 cm³/mol. The highest BCUT2D eigenvalue weighted by molar-refractivity contribution is 7.89. The Morgan fingerprint density at radius 1 is 1.31 bits per heavy atom. The number of amides is 1. The molecule has 1 amide bonds. The molecule has 10 nitrogen and oxygen atoms in total. The van der Waals surface area contributed by atoms with Gasteiger partial charge in [0, 0.05) is 44.4 Å². The lowest BCUT2D eigenvalue weighted by Crippen LogP contribution is -2.51. The molecule has 2 heterocycles. The minimum atomic E-state index is -5.08. The van der Waals surface area contributed by atoms with E-state index in [9.17, 15) is 26.4 Å². The van der Waals surface area contributed by atoms with Crippen molar-refractivity contribution in [3.05, 3.63) is 23.2 Å². The van der Waals surface area contributed by atoms with Gasteiger partial charge in [-0.1, -0.05) is 11.6 Å². The van der Waals surface area contributed by atoms with Gasteiger partial charge in [0.2, 0.25) is 15.9 Å². The van der Waals surface area contributed by atoms with Crippen molar-refractivity contribution in [2.75, 3.05) is 53.0 Å². The summed E-state index contributed by atoms with van der Waals surface area (Å²) in [6.45, 7) is 3.01. The second kappa shape index (κ2) is 12.7. The average Bonchev–Trinajstić information content (AvgIpc) is 3.32. The van der Waals surface area contributed by atoms with Gasteiger partial charge in [-0.25, -0.2) is 13.2 Å². The zero-order valence-electron chi connectivity index (χ0n) is 18.9. The molecule has 2 aliphatic heterocycles. The second-order valence-corrected chi connectivity index (χ2v) is 10.0. The van der Waals surface area contributed by atoms with E-state index >= 15 is 0 Å². The van der Waals surface area contributed by atoms with E-state index in [1.54, 1.807) is 11.0 Å². The SMILES string of the molecule is COc1ccc(Cl)cc1S(=O)(=O)N(CC(=O)N1CCNCC1)CC1CCCO1.O=C(O)C(F)(F)F. The molecular weight excluding hydrogens is 519 g/mol. The van der Waals surface area contributed by atoms with Crippen LogP contribution in [0.2, 0.25) is 5.02 Å². The van der Waals surface area contributed by atoms with Crippen LogP contribution in [0.25, 0.3) is 0 Å². The number of nitrogens with one attached hydrogen (secondary N) is 1. The second-order valence-electron chi connectivity index (χ2n) is 7.66. The third kappa shape index (κ3) is 8.49. The van der Waals surface area contributed by atoms with Crippen molar-refractivity contribution < 1.29 is 45.8 Å². The van der Waals surface area contributed by atoms with Gasteiger partial charge in [-0.15, -0.1) is 0 Å². The number of halogens is 4. The van der Waals surface area contributed by atoms with E-state index in [-0.39, 0.29) is 40.8 Å². The maximum absolute atomic E-state index is 13.4. The Bertz CT molecular complexity index is 983. The molecule has 0 saturated carbocycles. The van der Waals surface area contributed by atoms with E-state index in [2.05, 4.69) is 5.32 Å². The first-order valence-corrected chi connectivity index (χ1v) is 12.4. The number of hydrogen-bond acceptors (Lipinski definition) is 7. The number of piperazine rings is 1. The fourth-order valence-electron chi connectivity index (χ4n) is 3.42.